The molecule has 0 spiro atoms. The molecule has 1 N–H and O–H groups in total. The van der Waals surface area contributed by atoms with Crippen molar-refractivity contribution in [3.8, 4) is 0 Å². The van der Waals surface area contributed by atoms with Crippen molar-refractivity contribution in [2.24, 2.45) is 5.92 Å². The van der Waals surface area contributed by atoms with Crippen LogP contribution in [0.4, 0.5) is 0 Å². The van der Waals surface area contributed by atoms with Gasteiger partial charge in [-0.2, -0.15) is 11.8 Å². The number of carbonyl (C=O) groups is 1. The summed E-state index contributed by atoms with van der Waals surface area (Å²) in [5.74, 6) is 2.39. The first-order chi connectivity index (χ1) is 7.22. The summed E-state index contributed by atoms with van der Waals surface area (Å²) in [6.07, 6.45) is 3.69. The zero-order chi connectivity index (χ0) is 11.1. The van der Waals surface area contributed by atoms with Crippen LogP contribution in [-0.2, 0) is 4.79 Å². The van der Waals surface area contributed by atoms with E-state index in [1.54, 1.807) is 0 Å². The maximum atomic E-state index is 10.7. The van der Waals surface area contributed by atoms with Crippen LogP contribution in [-0.4, -0.2) is 47.1 Å². The van der Waals surface area contributed by atoms with Crippen LogP contribution in [0.15, 0.2) is 0 Å². The molecule has 0 aromatic heterocycles. The Morgan fingerprint density at radius 2 is 2.27 bits per heavy atom. The molecule has 3 nitrogen and oxygen atoms in total. The number of carboxylic acid groups (broad SMARTS) is 1. The molecule has 1 aliphatic carbocycles. The third-order valence-electron chi connectivity index (χ3n) is 2.54. The highest BCUT2D eigenvalue weighted by atomic mass is 32.2. The molecule has 1 saturated carbocycles. The van der Waals surface area contributed by atoms with E-state index in [0.29, 0.717) is 0 Å². The van der Waals surface area contributed by atoms with Gasteiger partial charge in [0, 0.05) is 6.54 Å². The van der Waals surface area contributed by atoms with Crippen LogP contribution in [0.25, 0.3) is 0 Å². The molecule has 15 heavy (non-hydrogen) atoms. The Morgan fingerprint density at radius 3 is 2.80 bits per heavy atom. The number of rotatable bonds is 9. The molecule has 0 unspecified atom stereocenters. The van der Waals surface area contributed by atoms with E-state index < -0.39 is 5.97 Å². The average molecular weight is 231 g/mol. The Labute approximate surface area is 96.2 Å². The van der Waals surface area contributed by atoms with E-state index >= 15 is 0 Å². The smallest absolute Gasteiger partial charge is 0.317 e. The first-order valence-corrected chi connectivity index (χ1v) is 6.89. The second-order valence-corrected chi connectivity index (χ2v) is 5.52. The summed E-state index contributed by atoms with van der Waals surface area (Å²) in [5, 5.41) is 8.77. The summed E-state index contributed by atoms with van der Waals surface area (Å²) in [4.78, 5) is 12.7. The van der Waals surface area contributed by atoms with Crippen LogP contribution < -0.4 is 0 Å². The monoisotopic (exact) mass is 231 g/mol. The number of hydrogen-bond acceptors (Lipinski definition) is 3. The summed E-state index contributed by atoms with van der Waals surface area (Å²) in [6, 6.07) is 0. The van der Waals surface area contributed by atoms with E-state index in [2.05, 4.69) is 11.8 Å². The first-order valence-electron chi connectivity index (χ1n) is 5.74. The summed E-state index contributed by atoms with van der Waals surface area (Å²) in [6.45, 7) is 4.30. The lowest BCUT2D eigenvalue weighted by molar-refractivity contribution is -0.138. The predicted octanol–water partition coefficient (Wildman–Crippen LogP) is 1.93. The number of carboxylic acids is 1. The van der Waals surface area contributed by atoms with Crippen molar-refractivity contribution in [2.75, 3.05) is 31.1 Å². The van der Waals surface area contributed by atoms with E-state index in [4.69, 9.17) is 5.11 Å². The number of aliphatic carboxylic acids is 1. The Hall–Kier alpha value is -0.220. The van der Waals surface area contributed by atoms with E-state index in [9.17, 15) is 4.79 Å². The maximum absolute atomic E-state index is 10.7. The van der Waals surface area contributed by atoms with Gasteiger partial charge >= 0.3 is 5.97 Å². The molecular weight excluding hydrogens is 210 g/mol. The molecule has 1 aliphatic rings. The largest absolute Gasteiger partial charge is 0.480 e. The molecule has 1 fully saturated rings. The highest BCUT2D eigenvalue weighted by molar-refractivity contribution is 7.99. The standard InChI is InChI=1S/C11H21NO2S/c1-2-15-7-3-6-12(9-11(13)14)8-10-4-5-10/h10H,2-9H2,1H3,(H,13,14). The second-order valence-electron chi connectivity index (χ2n) is 4.12. The zero-order valence-electron chi connectivity index (χ0n) is 9.45. The fourth-order valence-corrected chi connectivity index (χ4v) is 2.25. The average Bonchev–Trinajstić information content (AvgIpc) is 2.95. The third kappa shape index (κ3) is 6.79. The van der Waals surface area contributed by atoms with Gasteiger partial charge < -0.3 is 5.11 Å². The lowest BCUT2D eigenvalue weighted by Crippen LogP contribution is -2.32. The van der Waals surface area contributed by atoms with E-state index in [-0.39, 0.29) is 6.54 Å². The molecule has 0 atom stereocenters. The minimum Gasteiger partial charge on any atom is -0.480 e. The van der Waals surface area contributed by atoms with Crippen molar-refractivity contribution in [1.29, 1.82) is 0 Å². The first kappa shape index (κ1) is 12.8. The molecular formula is C11H21NO2S. The molecule has 0 aromatic rings. The molecule has 0 heterocycles. The van der Waals surface area contributed by atoms with E-state index in [0.717, 1.165) is 36.9 Å². The quantitative estimate of drug-likeness (QED) is 0.616. The molecule has 1 rings (SSSR count). The molecule has 0 aromatic carbocycles. The van der Waals surface area contributed by atoms with Crippen molar-refractivity contribution < 1.29 is 9.90 Å². The highest BCUT2D eigenvalue weighted by Gasteiger charge is 2.24. The second kappa shape index (κ2) is 7.12. The van der Waals surface area contributed by atoms with Crippen LogP contribution >= 0.6 is 11.8 Å². The van der Waals surface area contributed by atoms with Crippen molar-refractivity contribution >= 4 is 17.7 Å². The van der Waals surface area contributed by atoms with Gasteiger partial charge in [-0.25, -0.2) is 0 Å². The van der Waals surface area contributed by atoms with Crippen molar-refractivity contribution in [3.05, 3.63) is 0 Å². The van der Waals surface area contributed by atoms with Gasteiger partial charge in [0.2, 0.25) is 0 Å². The van der Waals surface area contributed by atoms with Crippen LogP contribution in [0, 0.1) is 5.92 Å². The summed E-state index contributed by atoms with van der Waals surface area (Å²) < 4.78 is 0. The Kier molecular flexibility index (Phi) is 6.10. The van der Waals surface area contributed by atoms with Gasteiger partial charge in [-0.05, 0) is 43.2 Å². The van der Waals surface area contributed by atoms with Gasteiger partial charge in [0.1, 0.15) is 0 Å². The molecule has 88 valence electrons. The van der Waals surface area contributed by atoms with Crippen LogP contribution in [0.1, 0.15) is 26.2 Å². The van der Waals surface area contributed by atoms with E-state index in [1.807, 2.05) is 11.8 Å². The van der Waals surface area contributed by atoms with Crippen molar-refractivity contribution in [2.45, 2.75) is 26.2 Å². The fourth-order valence-electron chi connectivity index (χ4n) is 1.63. The molecule has 4 heteroatoms. The normalized spacial score (nSPS) is 15.9. The fraction of sp³-hybridized carbons (Fsp3) is 0.909. The van der Waals surface area contributed by atoms with Gasteiger partial charge in [0.15, 0.2) is 0 Å². The summed E-state index contributed by atoms with van der Waals surface area (Å²) >= 11 is 1.93. The van der Waals surface area contributed by atoms with Gasteiger partial charge in [0.05, 0.1) is 6.54 Å². The maximum Gasteiger partial charge on any atom is 0.317 e. The minimum absolute atomic E-state index is 0.216. The Balaban J connectivity index is 2.12. The summed E-state index contributed by atoms with van der Waals surface area (Å²) in [7, 11) is 0. The van der Waals surface area contributed by atoms with Gasteiger partial charge in [0.25, 0.3) is 0 Å². The van der Waals surface area contributed by atoms with Gasteiger partial charge in [-0.3, -0.25) is 9.69 Å². The highest BCUT2D eigenvalue weighted by Crippen LogP contribution is 2.29. The lowest BCUT2D eigenvalue weighted by atomic mass is 10.3. The third-order valence-corrected chi connectivity index (χ3v) is 3.52. The Bertz CT molecular complexity index is 195. The SMILES string of the molecule is CCSCCCN(CC(=O)O)CC1CC1. The molecule has 0 aliphatic heterocycles. The number of nitrogens with zero attached hydrogens (tertiary/aromatic N) is 1. The number of thioether (sulfide) groups is 1. The van der Waals surface area contributed by atoms with Crippen LogP contribution in [0.3, 0.4) is 0 Å². The lowest BCUT2D eigenvalue weighted by Gasteiger charge is -2.19. The topological polar surface area (TPSA) is 40.5 Å². The van der Waals surface area contributed by atoms with Gasteiger partial charge in [-0.15, -0.1) is 0 Å². The molecule has 0 saturated heterocycles. The van der Waals surface area contributed by atoms with Crippen molar-refractivity contribution in [3.63, 3.8) is 0 Å². The van der Waals surface area contributed by atoms with Crippen LogP contribution in [0.5, 0.6) is 0 Å². The number of hydrogen-bond donors (Lipinski definition) is 1. The predicted molar refractivity (Wildman–Crippen MR) is 64.4 cm³/mol. The molecule has 0 radical (unpaired) electrons. The van der Waals surface area contributed by atoms with Gasteiger partial charge in [-0.1, -0.05) is 6.92 Å². The summed E-state index contributed by atoms with van der Waals surface area (Å²) in [5.41, 5.74) is 0. The molecule has 0 amide bonds. The van der Waals surface area contributed by atoms with Crippen LogP contribution in [0.2, 0.25) is 0 Å². The van der Waals surface area contributed by atoms with Crippen molar-refractivity contribution in [1.82, 2.24) is 4.90 Å². The Morgan fingerprint density at radius 1 is 1.53 bits per heavy atom. The van der Waals surface area contributed by atoms with E-state index in [1.165, 1.54) is 12.8 Å². The molecule has 0 bridgehead atoms. The minimum atomic E-state index is -0.696. The zero-order valence-corrected chi connectivity index (χ0v) is 10.3.